The predicted octanol–water partition coefficient (Wildman–Crippen LogP) is 0.964. The Morgan fingerprint density at radius 3 is 3.17 bits per heavy atom. The number of nitrogens with two attached hydrogens (primary N) is 1. The number of pyridine rings is 1. The van der Waals surface area contributed by atoms with Gasteiger partial charge in [0.2, 0.25) is 0 Å². The number of amidine groups is 1. The third kappa shape index (κ3) is 2.98. The first-order chi connectivity index (χ1) is 8.70. The van der Waals surface area contributed by atoms with Crippen molar-refractivity contribution in [3.8, 4) is 0 Å². The van der Waals surface area contributed by atoms with Crippen LogP contribution in [0.1, 0.15) is 25.0 Å². The van der Waals surface area contributed by atoms with Crippen molar-refractivity contribution in [3.63, 3.8) is 0 Å². The van der Waals surface area contributed by atoms with E-state index in [1.165, 1.54) is 6.42 Å². The van der Waals surface area contributed by atoms with Gasteiger partial charge in [-0.15, -0.1) is 0 Å². The first kappa shape index (κ1) is 12.8. The minimum atomic E-state index is 0.000711. The van der Waals surface area contributed by atoms with Crippen LogP contribution in [0.2, 0.25) is 0 Å². The van der Waals surface area contributed by atoms with Gasteiger partial charge in [0, 0.05) is 31.6 Å². The van der Waals surface area contributed by atoms with E-state index in [-0.39, 0.29) is 12.4 Å². The van der Waals surface area contributed by atoms with Crippen molar-refractivity contribution in [1.82, 2.24) is 4.98 Å². The molecule has 18 heavy (non-hydrogen) atoms. The predicted molar refractivity (Wildman–Crippen MR) is 71.9 cm³/mol. The molecule has 1 fully saturated rings. The summed E-state index contributed by atoms with van der Waals surface area (Å²) < 4.78 is 0. The molecule has 1 aromatic rings. The summed E-state index contributed by atoms with van der Waals surface area (Å²) in [6.45, 7) is 2.23. The van der Waals surface area contributed by atoms with Gasteiger partial charge in [0.15, 0.2) is 0 Å². The second-order valence-electron chi connectivity index (χ2n) is 4.78. The Kier molecular flexibility index (Phi) is 4.15. The summed E-state index contributed by atoms with van der Waals surface area (Å²) >= 11 is 0. The summed E-state index contributed by atoms with van der Waals surface area (Å²) in [4.78, 5) is 6.36. The molecule has 0 aromatic carbocycles. The molecule has 0 bridgehead atoms. The number of nitrogens with zero attached hydrogens (tertiary/aromatic N) is 2. The zero-order valence-electron chi connectivity index (χ0n) is 10.5. The molecular weight excluding hydrogens is 228 g/mol. The first-order valence-electron chi connectivity index (χ1n) is 6.37. The number of aliphatic hydroxyl groups is 1. The molecule has 0 aliphatic carbocycles. The lowest BCUT2D eigenvalue weighted by molar-refractivity contribution is 0.244. The van der Waals surface area contributed by atoms with Gasteiger partial charge < -0.3 is 15.7 Å². The first-order valence-corrected chi connectivity index (χ1v) is 6.37. The van der Waals surface area contributed by atoms with Crippen molar-refractivity contribution in [1.29, 1.82) is 5.41 Å². The lowest BCUT2D eigenvalue weighted by Crippen LogP contribution is -2.36. The van der Waals surface area contributed by atoms with Crippen molar-refractivity contribution in [2.75, 3.05) is 24.6 Å². The van der Waals surface area contributed by atoms with Gasteiger partial charge in [-0.1, -0.05) is 0 Å². The number of piperidine rings is 1. The van der Waals surface area contributed by atoms with Gasteiger partial charge in [-0.2, -0.15) is 0 Å². The average Bonchev–Trinajstić information content (AvgIpc) is 2.39. The molecule has 0 amide bonds. The molecule has 1 aromatic heterocycles. The van der Waals surface area contributed by atoms with E-state index in [1.807, 2.05) is 12.1 Å². The van der Waals surface area contributed by atoms with E-state index in [0.717, 1.165) is 31.6 Å². The van der Waals surface area contributed by atoms with E-state index >= 15 is 0 Å². The van der Waals surface area contributed by atoms with Gasteiger partial charge in [-0.3, -0.25) is 10.4 Å². The molecule has 1 saturated heterocycles. The maximum absolute atomic E-state index is 9.02. The van der Waals surface area contributed by atoms with Crippen LogP contribution in [0.5, 0.6) is 0 Å². The number of nitrogen functional groups attached to an aromatic ring is 1. The summed E-state index contributed by atoms with van der Waals surface area (Å²) in [5, 5.41) is 16.4. The van der Waals surface area contributed by atoms with E-state index in [2.05, 4.69) is 9.88 Å². The van der Waals surface area contributed by atoms with E-state index < -0.39 is 0 Å². The fourth-order valence-electron chi connectivity index (χ4n) is 2.48. The van der Waals surface area contributed by atoms with E-state index in [1.54, 1.807) is 6.20 Å². The van der Waals surface area contributed by atoms with Gasteiger partial charge in [0.1, 0.15) is 11.5 Å². The fraction of sp³-hybridized carbons (Fsp3) is 0.538. The van der Waals surface area contributed by atoms with Crippen molar-refractivity contribution >= 4 is 11.5 Å². The molecule has 0 radical (unpaired) electrons. The van der Waals surface area contributed by atoms with Gasteiger partial charge in [-0.25, -0.2) is 0 Å². The molecule has 1 aliphatic heterocycles. The number of hydrogen-bond acceptors (Lipinski definition) is 4. The minimum absolute atomic E-state index is 0.000711. The number of nitrogens with one attached hydrogen (secondary N) is 1. The van der Waals surface area contributed by atoms with Crippen LogP contribution in [0, 0.1) is 11.3 Å². The molecule has 5 heteroatoms. The highest BCUT2D eigenvalue weighted by Crippen LogP contribution is 2.24. The highest BCUT2D eigenvalue weighted by molar-refractivity contribution is 5.93. The maximum atomic E-state index is 9.02. The zero-order valence-corrected chi connectivity index (χ0v) is 10.5. The molecule has 2 heterocycles. The molecule has 0 spiro atoms. The summed E-state index contributed by atoms with van der Waals surface area (Å²) in [5.41, 5.74) is 7.05. The Labute approximate surface area is 107 Å². The second kappa shape index (κ2) is 5.82. The Hall–Kier alpha value is -1.62. The molecule has 1 unspecified atom stereocenters. The quantitative estimate of drug-likeness (QED) is 0.547. The summed E-state index contributed by atoms with van der Waals surface area (Å²) in [7, 11) is 0. The van der Waals surface area contributed by atoms with E-state index in [9.17, 15) is 0 Å². The lowest BCUT2D eigenvalue weighted by Gasteiger charge is -2.34. The van der Waals surface area contributed by atoms with Crippen molar-refractivity contribution in [2.45, 2.75) is 19.3 Å². The lowest BCUT2D eigenvalue weighted by atomic mass is 9.95. The second-order valence-corrected chi connectivity index (χ2v) is 4.78. The Balaban J connectivity index is 2.10. The molecular formula is C13H20N4O. The van der Waals surface area contributed by atoms with Gasteiger partial charge in [0.25, 0.3) is 0 Å². The smallest absolute Gasteiger partial charge is 0.141 e. The van der Waals surface area contributed by atoms with Crippen LogP contribution < -0.4 is 10.6 Å². The normalized spacial score (nSPS) is 19.8. The Bertz CT molecular complexity index is 419. The average molecular weight is 248 g/mol. The molecule has 1 atom stereocenters. The van der Waals surface area contributed by atoms with Crippen LogP contribution in [-0.4, -0.2) is 35.6 Å². The SMILES string of the molecule is N=C(N)c1cc(N2CCCC(CCO)C2)ccn1. The molecule has 98 valence electrons. The number of aromatic nitrogens is 1. The van der Waals surface area contributed by atoms with Crippen LogP contribution in [0.3, 0.4) is 0 Å². The zero-order chi connectivity index (χ0) is 13.0. The molecule has 0 saturated carbocycles. The number of anilines is 1. The van der Waals surface area contributed by atoms with E-state index in [4.69, 9.17) is 16.2 Å². The van der Waals surface area contributed by atoms with Crippen molar-refractivity contribution in [3.05, 3.63) is 24.0 Å². The number of aliphatic hydroxyl groups excluding tert-OH is 1. The number of hydrogen-bond donors (Lipinski definition) is 3. The van der Waals surface area contributed by atoms with Crippen molar-refractivity contribution in [2.24, 2.45) is 11.7 Å². The summed E-state index contributed by atoms with van der Waals surface area (Å²) in [5.74, 6) is 0.554. The van der Waals surface area contributed by atoms with Gasteiger partial charge >= 0.3 is 0 Å². The van der Waals surface area contributed by atoms with Gasteiger partial charge in [0.05, 0.1) is 0 Å². The van der Waals surface area contributed by atoms with Crippen LogP contribution in [0.15, 0.2) is 18.3 Å². The molecule has 5 nitrogen and oxygen atoms in total. The monoisotopic (exact) mass is 248 g/mol. The van der Waals surface area contributed by atoms with Crippen molar-refractivity contribution < 1.29 is 5.11 Å². The minimum Gasteiger partial charge on any atom is -0.396 e. The summed E-state index contributed by atoms with van der Waals surface area (Å²) in [6, 6.07) is 3.82. The Morgan fingerprint density at radius 1 is 1.61 bits per heavy atom. The highest BCUT2D eigenvalue weighted by Gasteiger charge is 2.20. The summed E-state index contributed by atoms with van der Waals surface area (Å²) in [6.07, 6.45) is 4.88. The fourth-order valence-corrected chi connectivity index (χ4v) is 2.48. The van der Waals surface area contributed by atoms with Crippen LogP contribution in [0.25, 0.3) is 0 Å². The van der Waals surface area contributed by atoms with Gasteiger partial charge in [-0.05, 0) is 37.3 Å². The maximum Gasteiger partial charge on any atom is 0.141 e. The molecule has 2 rings (SSSR count). The van der Waals surface area contributed by atoms with Crippen LogP contribution >= 0.6 is 0 Å². The Morgan fingerprint density at radius 2 is 2.44 bits per heavy atom. The standard InChI is InChI=1S/C13H20N4O/c14-13(15)12-8-11(3-5-16-12)17-6-1-2-10(9-17)4-7-18/h3,5,8,10,18H,1-2,4,6-7,9H2,(H3,14,15). The molecule has 1 aliphatic rings. The topological polar surface area (TPSA) is 86.2 Å². The third-order valence-electron chi connectivity index (χ3n) is 3.44. The highest BCUT2D eigenvalue weighted by atomic mass is 16.3. The van der Waals surface area contributed by atoms with E-state index in [0.29, 0.717) is 11.6 Å². The molecule has 4 N–H and O–H groups in total. The largest absolute Gasteiger partial charge is 0.396 e. The van der Waals surface area contributed by atoms with Crippen LogP contribution in [-0.2, 0) is 0 Å². The third-order valence-corrected chi connectivity index (χ3v) is 3.44. The van der Waals surface area contributed by atoms with Crippen LogP contribution in [0.4, 0.5) is 5.69 Å². The number of rotatable bonds is 4.